The van der Waals surface area contributed by atoms with Gasteiger partial charge < -0.3 is 4.74 Å². The van der Waals surface area contributed by atoms with E-state index in [4.69, 9.17) is 0 Å². The van der Waals surface area contributed by atoms with Gasteiger partial charge in [0.1, 0.15) is 12.2 Å². The topological polar surface area (TPSA) is 43.4 Å². The van der Waals surface area contributed by atoms with E-state index in [0.717, 1.165) is 0 Å². The van der Waals surface area contributed by atoms with Crippen LogP contribution >= 0.6 is 0 Å². The van der Waals surface area contributed by atoms with Crippen LogP contribution in [-0.2, 0) is 9.53 Å². The third-order valence-electron chi connectivity index (χ3n) is 2.02. The average molecular weight is 210 g/mol. The number of carbonyl (C=O) groups is 2. The lowest BCUT2D eigenvalue weighted by atomic mass is 10.0. The van der Waals surface area contributed by atoms with Crippen molar-refractivity contribution >= 4 is 11.8 Å². The van der Waals surface area contributed by atoms with Gasteiger partial charge >= 0.3 is 5.97 Å². The minimum atomic E-state index is -0.594. The fourth-order valence-corrected chi connectivity index (χ4v) is 1.24. The van der Waals surface area contributed by atoms with Crippen LogP contribution in [0.1, 0.15) is 22.3 Å². The molecule has 0 N–H and O–H groups in total. The summed E-state index contributed by atoms with van der Waals surface area (Å²) in [5.41, 5.74) is 0.866. The van der Waals surface area contributed by atoms with E-state index >= 15 is 0 Å². The molecule has 4 heteroatoms. The predicted molar refractivity (Wildman–Crippen MR) is 52.1 cm³/mol. The number of hydrogen-bond donors (Lipinski definition) is 0. The molecule has 15 heavy (non-hydrogen) atoms. The van der Waals surface area contributed by atoms with Crippen molar-refractivity contribution < 1.29 is 18.7 Å². The van der Waals surface area contributed by atoms with Crippen molar-refractivity contribution in [3.63, 3.8) is 0 Å². The van der Waals surface area contributed by atoms with E-state index in [1.807, 2.05) is 0 Å². The molecule has 0 saturated carbocycles. The second-order valence-electron chi connectivity index (χ2n) is 3.14. The normalized spacial score (nSPS) is 9.80. The summed E-state index contributed by atoms with van der Waals surface area (Å²) in [4.78, 5) is 22.4. The van der Waals surface area contributed by atoms with Crippen molar-refractivity contribution in [2.45, 2.75) is 13.3 Å². The van der Waals surface area contributed by atoms with Gasteiger partial charge in [-0.05, 0) is 30.7 Å². The molecule has 80 valence electrons. The molecule has 0 atom stereocenters. The Balaban J connectivity index is 2.87. The van der Waals surface area contributed by atoms with Crippen LogP contribution in [0.4, 0.5) is 4.39 Å². The largest absolute Gasteiger partial charge is 0.469 e. The van der Waals surface area contributed by atoms with Crippen LogP contribution in [0.5, 0.6) is 0 Å². The van der Waals surface area contributed by atoms with Gasteiger partial charge in [-0.15, -0.1) is 0 Å². The summed E-state index contributed by atoms with van der Waals surface area (Å²) < 4.78 is 17.1. The number of methoxy groups -OCH3 is 1. The SMILES string of the molecule is COC(=O)CC(=O)c1ccc(F)cc1C. The van der Waals surface area contributed by atoms with E-state index in [-0.39, 0.29) is 12.2 Å². The van der Waals surface area contributed by atoms with Crippen LogP contribution in [0.3, 0.4) is 0 Å². The van der Waals surface area contributed by atoms with Crippen LogP contribution in [0.15, 0.2) is 18.2 Å². The van der Waals surface area contributed by atoms with Gasteiger partial charge in [0, 0.05) is 5.56 Å². The Morgan fingerprint density at radius 3 is 2.60 bits per heavy atom. The lowest BCUT2D eigenvalue weighted by molar-refractivity contribution is -0.139. The monoisotopic (exact) mass is 210 g/mol. The Morgan fingerprint density at radius 2 is 2.07 bits per heavy atom. The summed E-state index contributed by atoms with van der Waals surface area (Å²) in [6.45, 7) is 1.62. The maximum Gasteiger partial charge on any atom is 0.313 e. The summed E-state index contributed by atoms with van der Waals surface area (Å²) in [6.07, 6.45) is -0.316. The maximum atomic E-state index is 12.7. The van der Waals surface area contributed by atoms with Crippen molar-refractivity contribution in [2.24, 2.45) is 0 Å². The Bertz CT molecular complexity index is 399. The maximum absolute atomic E-state index is 12.7. The lowest BCUT2D eigenvalue weighted by Gasteiger charge is -2.03. The van der Waals surface area contributed by atoms with Gasteiger partial charge in [0.15, 0.2) is 5.78 Å². The first kappa shape index (κ1) is 11.4. The number of Topliss-reactive ketones (excluding diaryl/α,β-unsaturated/α-hetero) is 1. The molecule has 0 aliphatic carbocycles. The molecule has 0 unspecified atom stereocenters. The van der Waals surface area contributed by atoms with E-state index < -0.39 is 11.8 Å². The molecule has 3 nitrogen and oxygen atoms in total. The molecule has 1 aromatic carbocycles. The zero-order valence-electron chi connectivity index (χ0n) is 8.54. The second kappa shape index (κ2) is 4.68. The molecule has 0 aromatic heterocycles. The lowest BCUT2D eigenvalue weighted by Crippen LogP contribution is -2.10. The van der Waals surface area contributed by atoms with Gasteiger partial charge in [0.2, 0.25) is 0 Å². The van der Waals surface area contributed by atoms with E-state index in [2.05, 4.69) is 4.74 Å². The van der Waals surface area contributed by atoms with E-state index in [9.17, 15) is 14.0 Å². The average Bonchev–Trinajstić information content (AvgIpc) is 2.17. The Hall–Kier alpha value is -1.71. The van der Waals surface area contributed by atoms with Crippen molar-refractivity contribution in [3.8, 4) is 0 Å². The molecule has 1 rings (SSSR count). The summed E-state index contributed by atoms with van der Waals surface area (Å²) in [7, 11) is 1.22. The molecular weight excluding hydrogens is 199 g/mol. The fraction of sp³-hybridized carbons (Fsp3) is 0.273. The smallest absolute Gasteiger partial charge is 0.313 e. The standard InChI is InChI=1S/C11H11FO3/c1-7-5-8(12)3-4-9(7)10(13)6-11(14)15-2/h3-5H,6H2,1-2H3. The van der Waals surface area contributed by atoms with E-state index in [1.165, 1.54) is 25.3 Å². The third-order valence-corrected chi connectivity index (χ3v) is 2.02. The molecule has 1 aromatic rings. The van der Waals surface area contributed by atoms with E-state index in [0.29, 0.717) is 11.1 Å². The molecular formula is C11H11FO3. The highest BCUT2D eigenvalue weighted by molar-refractivity contribution is 6.06. The highest BCUT2D eigenvalue weighted by Gasteiger charge is 2.14. The van der Waals surface area contributed by atoms with Crippen LogP contribution in [0.25, 0.3) is 0 Å². The van der Waals surface area contributed by atoms with Crippen molar-refractivity contribution in [1.29, 1.82) is 0 Å². The first-order valence-corrected chi connectivity index (χ1v) is 4.40. The molecule has 0 aliphatic heterocycles. The van der Waals surface area contributed by atoms with Crippen molar-refractivity contribution in [3.05, 3.63) is 35.1 Å². The summed E-state index contributed by atoms with van der Waals surface area (Å²) in [6, 6.07) is 3.82. The summed E-state index contributed by atoms with van der Waals surface area (Å²) in [5.74, 6) is -1.36. The first-order valence-electron chi connectivity index (χ1n) is 4.40. The van der Waals surface area contributed by atoms with Gasteiger partial charge in [-0.25, -0.2) is 4.39 Å². The minimum absolute atomic E-state index is 0.316. The molecule has 0 spiro atoms. The number of hydrogen-bond acceptors (Lipinski definition) is 3. The molecule has 0 amide bonds. The molecule has 0 saturated heterocycles. The number of esters is 1. The van der Waals surface area contributed by atoms with Gasteiger partial charge in [-0.2, -0.15) is 0 Å². The number of aryl methyl sites for hydroxylation is 1. The van der Waals surface area contributed by atoms with Crippen LogP contribution < -0.4 is 0 Å². The number of halogens is 1. The van der Waals surface area contributed by atoms with Gasteiger partial charge in [-0.1, -0.05) is 0 Å². The zero-order chi connectivity index (χ0) is 11.4. The summed E-state index contributed by atoms with van der Waals surface area (Å²) in [5, 5.41) is 0. The fourth-order valence-electron chi connectivity index (χ4n) is 1.24. The quantitative estimate of drug-likeness (QED) is 0.434. The number of ketones is 1. The number of ether oxygens (including phenoxy) is 1. The van der Waals surface area contributed by atoms with Crippen LogP contribution in [0, 0.1) is 12.7 Å². The molecule has 0 radical (unpaired) electrons. The highest BCUT2D eigenvalue weighted by Crippen LogP contribution is 2.12. The summed E-state index contributed by atoms with van der Waals surface area (Å²) >= 11 is 0. The Labute approximate surface area is 86.9 Å². The van der Waals surface area contributed by atoms with Crippen molar-refractivity contribution in [2.75, 3.05) is 7.11 Å². The Morgan fingerprint density at radius 1 is 1.40 bits per heavy atom. The number of benzene rings is 1. The van der Waals surface area contributed by atoms with Crippen molar-refractivity contribution in [1.82, 2.24) is 0 Å². The number of rotatable bonds is 3. The second-order valence-corrected chi connectivity index (χ2v) is 3.14. The van der Waals surface area contributed by atoms with Gasteiger partial charge in [0.25, 0.3) is 0 Å². The van der Waals surface area contributed by atoms with Gasteiger partial charge in [0.05, 0.1) is 7.11 Å². The number of carbonyl (C=O) groups excluding carboxylic acids is 2. The Kier molecular flexibility index (Phi) is 3.55. The van der Waals surface area contributed by atoms with Crippen LogP contribution in [-0.4, -0.2) is 18.9 Å². The predicted octanol–water partition coefficient (Wildman–Crippen LogP) is 1.88. The van der Waals surface area contributed by atoms with Gasteiger partial charge in [-0.3, -0.25) is 9.59 Å². The third kappa shape index (κ3) is 2.87. The van der Waals surface area contributed by atoms with E-state index in [1.54, 1.807) is 6.92 Å². The molecule has 0 aliphatic rings. The molecule has 0 fully saturated rings. The first-order chi connectivity index (χ1) is 7.04. The molecule has 0 heterocycles. The highest BCUT2D eigenvalue weighted by atomic mass is 19.1. The minimum Gasteiger partial charge on any atom is -0.469 e. The molecule has 0 bridgehead atoms. The zero-order valence-corrected chi connectivity index (χ0v) is 8.54. The van der Waals surface area contributed by atoms with Crippen LogP contribution in [0.2, 0.25) is 0 Å².